The molecule has 0 aliphatic carbocycles. The van der Waals surface area contributed by atoms with Crippen LogP contribution in [-0.2, 0) is 6.54 Å². The number of aryl methyl sites for hydroxylation is 1. The Morgan fingerprint density at radius 3 is 2.68 bits per heavy atom. The molecule has 0 saturated carbocycles. The molecule has 0 spiro atoms. The first-order valence-electron chi connectivity index (χ1n) is 8.08. The Bertz CT molecular complexity index is 723. The van der Waals surface area contributed by atoms with Crippen molar-refractivity contribution in [3.05, 3.63) is 41.4 Å². The highest BCUT2D eigenvalue weighted by Gasteiger charge is 2.27. The van der Waals surface area contributed by atoms with Crippen LogP contribution in [0.25, 0.3) is 0 Å². The van der Waals surface area contributed by atoms with Gasteiger partial charge in [0.25, 0.3) is 0 Å². The zero-order valence-electron chi connectivity index (χ0n) is 15.3. The van der Waals surface area contributed by atoms with Gasteiger partial charge in [0.05, 0.1) is 25.2 Å². The molecule has 0 bridgehead atoms. The summed E-state index contributed by atoms with van der Waals surface area (Å²) in [4.78, 5) is 16.6. The minimum absolute atomic E-state index is 0.0823. The molecule has 0 fully saturated rings. The summed E-state index contributed by atoms with van der Waals surface area (Å²) in [6.07, 6.45) is 5.34. The molecular formula is C18H25ClN4O2. The average molecular weight is 365 g/mol. The summed E-state index contributed by atoms with van der Waals surface area (Å²) in [5.41, 5.74) is 1.32. The number of nitrogens with zero attached hydrogens (tertiary/aromatic N) is 2. The summed E-state index contributed by atoms with van der Waals surface area (Å²) in [6, 6.07) is 3.11. The van der Waals surface area contributed by atoms with Crippen molar-refractivity contribution in [3.8, 4) is 5.75 Å². The molecule has 1 aromatic heterocycles. The number of carbonyl (C=O) groups excluding carboxylic acids is 1. The first-order valence-corrected chi connectivity index (χ1v) is 8.46. The van der Waals surface area contributed by atoms with Crippen LogP contribution in [0.15, 0.2) is 30.9 Å². The van der Waals surface area contributed by atoms with Gasteiger partial charge in [0.15, 0.2) is 0 Å². The van der Waals surface area contributed by atoms with E-state index in [-0.39, 0.29) is 17.5 Å². The summed E-state index contributed by atoms with van der Waals surface area (Å²) >= 11 is 6.11. The SMILES string of the molecule is COc1cc(Cl)c(C)cc1NC(=O)N[C@H](Cn1ccnc1)C(C)(C)C. The van der Waals surface area contributed by atoms with E-state index in [1.165, 1.54) is 0 Å². The second kappa shape index (κ2) is 7.78. The van der Waals surface area contributed by atoms with E-state index >= 15 is 0 Å². The van der Waals surface area contributed by atoms with Crippen LogP contribution in [0.1, 0.15) is 26.3 Å². The van der Waals surface area contributed by atoms with Gasteiger partial charge in [-0.25, -0.2) is 9.78 Å². The molecule has 1 heterocycles. The number of hydrogen-bond acceptors (Lipinski definition) is 3. The van der Waals surface area contributed by atoms with Gasteiger partial charge >= 0.3 is 6.03 Å². The fraction of sp³-hybridized carbons (Fsp3) is 0.444. The summed E-state index contributed by atoms with van der Waals surface area (Å²) in [5, 5.41) is 6.49. The van der Waals surface area contributed by atoms with Crippen LogP contribution < -0.4 is 15.4 Å². The number of nitrogens with one attached hydrogen (secondary N) is 2. The van der Waals surface area contributed by atoms with Crippen molar-refractivity contribution < 1.29 is 9.53 Å². The maximum Gasteiger partial charge on any atom is 0.319 e. The van der Waals surface area contributed by atoms with E-state index in [4.69, 9.17) is 16.3 Å². The molecule has 0 unspecified atom stereocenters. The minimum Gasteiger partial charge on any atom is -0.495 e. The number of urea groups is 1. The average Bonchev–Trinajstić information content (AvgIpc) is 3.02. The molecule has 136 valence electrons. The number of aromatic nitrogens is 2. The lowest BCUT2D eigenvalue weighted by Crippen LogP contribution is -2.47. The number of rotatable bonds is 5. The number of benzene rings is 1. The second-order valence-corrected chi connectivity index (χ2v) is 7.49. The topological polar surface area (TPSA) is 68.2 Å². The lowest BCUT2D eigenvalue weighted by atomic mass is 9.86. The normalized spacial score (nSPS) is 12.6. The highest BCUT2D eigenvalue weighted by molar-refractivity contribution is 6.31. The van der Waals surface area contributed by atoms with Crippen molar-refractivity contribution in [1.82, 2.24) is 14.9 Å². The van der Waals surface area contributed by atoms with Gasteiger partial charge in [-0.05, 0) is 24.0 Å². The molecule has 1 atom stereocenters. The summed E-state index contributed by atoms with van der Waals surface area (Å²) in [6.45, 7) is 8.77. The van der Waals surface area contributed by atoms with E-state index in [0.29, 0.717) is 23.0 Å². The molecular weight excluding hydrogens is 340 g/mol. The van der Waals surface area contributed by atoms with Gasteiger partial charge in [-0.2, -0.15) is 0 Å². The van der Waals surface area contributed by atoms with E-state index in [1.54, 1.807) is 31.8 Å². The zero-order chi connectivity index (χ0) is 18.6. The van der Waals surface area contributed by atoms with Crippen LogP contribution in [0.3, 0.4) is 0 Å². The first-order chi connectivity index (χ1) is 11.7. The fourth-order valence-corrected chi connectivity index (χ4v) is 2.54. The van der Waals surface area contributed by atoms with E-state index in [0.717, 1.165) is 5.56 Å². The monoisotopic (exact) mass is 364 g/mol. The van der Waals surface area contributed by atoms with Crippen molar-refractivity contribution in [3.63, 3.8) is 0 Å². The smallest absolute Gasteiger partial charge is 0.319 e. The minimum atomic E-state index is -0.292. The van der Waals surface area contributed by atoms with Gasteiger partial charge in [-0.15, -0.1) is 0 Å². The van der Waals surface area contributed by atoms with E-state index < -0.39 is 0 Å². The second-order valence-electron chi connectivity index (χ2n) is 7.08. The third-order valence-electron chi connectivity index (χ3n) is 4.03. The highest BCUT2D eigenvalue weighted by Crippen LogP contribution is 2.31. The van der Waals surface area contributed by atoms with Crippen LogP contribution in [0.5, 0.6) is 5.75 Å². The largest absolute Gasteiger partial charge is 0.495 e. The Labute approximate surface area is 153 Å². The van der Waals surface area contributed by atoms with Crippen molar-refractivity contribution in [1.29, 1.82) is 0 Å². The summed E-state index contributed by atoms with van der Waals surface area (Å²) < 4.78 is 7.25. The predicted molar refractivity (Wildman–Crippen MR) is 100 cm³/mol. The van der Waals surface area contributed by atoms with E-state index in [1.807, 2.05) is 17.7 Å². The molecule has 6 nitrogen and oxygen atoms in total. The van der Waals surface area contributed by atoms with Crippen LogP contribution in [0, 0.1) is 12.3 Å². The lowest BCUT2D eigenvalue weighted by Gasteiger charge is -2.31. The maximum atomic E-state index is 12.5. The molecule has 2 rings (SSSR count). The molecule has 0 aliphatic heterocycles. The van der Waals surface area contributed by atoms with Gasteiger partial charge in [-0.3, -0.25) is 0 Å². The van der Waals surface area contributed by atoms with Crippen LogP contribution >= 0.6 is 11.6 Å². The molecule has 7 heteroatoms. The molecule has 0 saturated heterocycles. The van der Waals surface area contributed by atoms with Crippen LogP contribution in [0.4, 0.5) is 10.5 Å². The molecule has 1 aromatic carbocycles. The van der Waals surface area contributed by atoms with Gasteiger partial charge in [0.1, 0.15) is 5.75 Å². The number of methoxy groups -OCH3 is 1. The Morgan fingerprint density at radius 2 is 2.12 bits per heavy atom. The van der Waals surface area contributed by atoms with Crippen molar-refractivity contribution in [2.75, 3.05) is 12.4 Å². The van der Waals surface area contributed by atoms with Crippen molar-refractivity contribution >= 4 is 23.3 Å². The van der Waals surface area contributed by atoms with E-state index in [2.05, 4.69) is 36.4 Å². The predicted octanol–water partition coefficient (Wildman–Crippen LogP) is 4.09. The number of imidazole rings is 1. The molecule has 0 radical (unpaired) electrons. The van der Waals surface area contributed by atoms with Gasteiger partial charge in [0, 0.05) is 30.0 Å². The number of halogens is 1. The van der Waals surface area contributed by atoms with Gasteiger partial charge in [-0.1, -0.05) is 32.4 Å². The third-order valence-corrected chi connectivity index (χ3v) is 4.44. The zero-order valence-corrected chi connectivity index (χ0v) is 16.0. The van der Waals surface area contributed by atoms with Gasteiger partial charge < -0.3 is 19.9 Å². The Kier molecular flexibility index (Phi) is 5.95. The fourth-order valence-electron chi connectivity index (χ4n) is 2.39. The lowest BCUT2D eigenvalue weighted by molar-refractivity contribution is 0.218. The molecule has 2 amide bonds. The number of amides is 2. The Balaban J connectivity index is 2.12. The quantitative estimate of drug-likeness (QED) is 0.839. The Hall–Kier alpha value is -2.21. The van der Waals surface area contributed by atoms with Crippen LogP contribution in [-0.4, -0.2) is 28.7 Å². The molecule has 2 N–H and O–H groups in total. The standard InChI is InChI=1S/C18H25ClN4O2/c1-12-8-14(15(25-5)9-13(12)19)21-17(24)22-16(18(2,3)4)10-23-7-6-20-11-23/h6-9,11,16H,10H2,1-5H3,(H2,21,22,24)/t16-/m1/s1. The van der Waals surface area contributed by atoms with Crippen LogP contribution in [0.2, 0.25) is 5.02 Å². The number of anilines is 1. The Morgan fingerprint density at radius 1 is 1.40 bits per heavy atom. The number of ether oxygens (including phenoxy) is 1. The maximum absolute atomic E-state index is 12.5. The number of carbonyl (C=O) groups is 1. The number of hydrogen-bond donors (Lipinski definition) is 2. The highest BCUT2D eigenvalue weighted by atomic mass is 35.5. The first kappa shape index (κ1) is 19.1. The molecule has 0 aliphatic rings. The van der Waals surface area contributed by atoms with Crippen molar-refractivity contribution in [2.45, 2.75) is 40.3 Å². The van der Waals surface area contributed by atoms with E-state index in [9.17, 15) is 4.79 Å². The third kappa shape index (κ3) is 5.13. The van der Waals surface area contributed by atoms with Crippen molar-refractivity contribution in [2.24, 2.45) is 5.41 Å². The summed E-state index contributed by atoms with van der Waals surface area (Å²) in [7, 11) is 1.54. The molecule has 2 aromatic rings. The van der Waals surface area contributed by atoms with Gasteiger partial charge in [0.2, 0.25) is 0 Å². The summed E-state index contributed by atoms with van der Waals surface area (Å²) in [5.74, 6) is 0.521. The molecule has 25 heavy (non-hydrogen) atoms.